The summed E-state index contributed by atoms with van der Waals surface area (Å²) in [4.78, 5) is 0.978. The molecule has 0 bridgehead atoms. The maximum absolute atomic E-state index is 14.0. The van der Waals surface area contributed by atoms with Crippen LogP contribution >= 0.6 is 11.8 Å². The van der Waals surface area contributed by atoms with Crippen LogP contribution < -0.4 is 10.5 Å². The van der Waals surface area contributed by atoms with E-state index in [0.717, 1.165) is 10.5 Å². The number of hydrogen-bond donors (Lipinski definition) is 1. The molecule has 1 atom stereocenters. The zero-order chi connectivity index (χ0) is 14.5. The minimum Gasteiger partial charge on any atom is -0.453 e. The molecule has 1 unspecified atom stereocenters. The van der Waals surface area contributed by atoms with E-state index >= 15 is 0 Å². The van der Waals surface area contributed by atoms with E-state index in [1.54, 1.807) is 17.8 Å². The molecular weight excluding hydrogens is 273 g/mol. The van der Waals surface area contributed by atoms with E-state index in [9.17, 15) is 4.39 Å². The van der Waals surface area contributed by atoms with Crippen LogP contribution in [0.25, 0.3) is 0 Å². The van der Waals surface area contributed by atoms with Crippen LogP contribution in [-0.4, -0.2) is 12.3 Å². The second-order valence-corrected chi connectivity index (χ2v) is 5.55. The quantitative estimate of drug-likeness (QED) is 0.837. The van der Waals surface area contributed by atoms with Crippen LogP contribution in [0.4, 0.5) is 4.39 Å². The largest absolute Gasteiger partial charge is 0.453 e. The van der Waals surface area contributed by atoms with E-state index in [2.05, 4.69) is 0 Å². The molecule has 4 heteroatoms. The van der Waals surface area contributed by atoms with Gasteiger partial charge in [0.25, 0.3) is 0 Å². The predicted molar refractivity (Wildman–Crippen MR) is 82.1 cm³/mol. The number of benzene rings is 2. The first kappa shape index (κ1) is 14.9. The molecule has 0 saturated carbocycles. The van der Waals surface area contributed by atoms with Crippen LogP contribution in [0.15, 0.2) is 47.4 Å². The van der Waals surface area contributed by atoms with Gasteiger partial charge in [0, 0.05) is 10.9 Å². The number of halogens is 1. The van der Waals surface area contributed by atoms with Crippen molar-refractivity contribution >= 4 is 11.8 Å². The van der Waals surface area contributed by atoms with E-state index in [4.69, 9.17) is 10.5 Å². The number of hydrogen-bond acceptors (Lipinski definition) is 3. The van der Waals surface area contributed by atoms with Crippen molar-refractivity contribution in [3.8, 4) is 11.5 Å². The van der Waals surface area contributed by atoms with Gasteiger partial charge >= 0.3 is 0 Å². The summed E-state index contributed by atoms with van der Waals surface area (Å²) in [6.07, 6.45) is 2.61. The molecule has 2 aromatic carbocycles. The highest BCUT2D eigenvalue weighted by molar-refractivity contribution is 7.98. The molecule has 2 aromatic rings. The molecule has 20 heavy (non-hydrogen) atoms. The Morgan fingerprint density at radius 1 is 1.20 bits per heavy atom. The molecule has 106 valence electrons. The van der Waals surface area contributed by atoms with Gasteiger partial charge in [-0.15, -0.1) is 11.8 Å². The van der Waals surface area contributed by atoms with E-state index in [1.165, 1.54) is 6.07 Å². The summed E-state index contributed by atoms with van der Waals surface area (Å²) >= 11 is 1.57. The van der Waals surface area contributed by atoms with Gasteiger partial charge in [-0.1, -0.05) is 18.2 Å². The second-order valence-electron chi connectivity index (χ2n) is 4.70. The summed E-state index contributed by atoms with van der Waals surface area (Å²) in [5, 5.41) is 0. The van der Waals surface area contributed by atoms with E-state index in [-0.39, 0.29) is 17.6 Å². The van der Waals surface area contributed by atoms with E-state index in [1.807, 2.05) is 43.5 Å². The third-order valence-corrected chi connectivity index (χ3v) is 3.62. The molecule has 0 aliphatic carbocycles. The highest BCUT2D eigenvalue weighted by Crippen LogP contribution is 2.32. The van der Waals surface area contributed by atoms with Gasteiger partial charge in [-0.05, 0) is 49.4 Å². The Hall–Kier alpha value is -1.52. The van der Waals surface area contributed by atoms with Crippen LogP contribution in [0.5, 0.6) is 11.5 Å². The maximum atomic E-state index is 14.0. The molecule has 0 aliphatic heterocycles. The second kappa shape index (κ2) is 6.77. The van der Waals surface area contributed by atoms with Crippen LogP contribution in [0.3, 0.4) is 0 Å². The third-order valence-electron chi connectivity index (χ3n) is 2.84. The Bertz CT molecular complexity index is 586. The number of thioether (sulfide) groups is 1. The molecule has 0 amide bonds. The fraction of sp³-hybridized carbons (Fsp3) is 0.250. The van der Waals surface area contributed by atoms with E-state index < -0.39 is 0 Å². The third kappa shape index (κ3) is 3.74. The van der Waals surface area contributed by atoms with Crippen LogP contribution in [0.2, 0.25) is 0 Å². The summed E-state index contributed by atoms with van der Waals surface area (Å²) in [7, 11) is 0. The first-order valence-corrected chi connectivity index (χ1v) is 7.67. The fourth-order valence-corrected chi connectivity index (χ4v) is 2.47. The molecule has 0 aromatic heterocycles. The van der Waals surface area contributed by atoms with Gasteiger partial charge in [0.05, 0.1) is 0 Å². The highest BCUT2D eigenvalue weighted by Gasteiger charge is 2.09. The van der Waals surface area contributed by atoms with Crippen LogP contribution in [0, 0.1) is 5.82 Å². The summed E-state index contributed by atoms with van der Waals surface area (Å²) in [5.74, 6) is 0.540. The number of rotatable bonds is 5. The lowest BCUT2D eigenvalue weighted by molar-refractivity contribution is 0.433. The van der Waals surface area contributed by atoms with Crippen molar-refractivity contribution in [1.29, 1.82) is 0 Å². The predicted octanol–water partition coefficient (Wildman–Crippen LogP) is 4.23. The lowest BCUT2D eigenvalue weighted by Crippen LogP contribution is -2.17. The smallest absolute Gasteiger partial charge is 0.165 e. The van der Waals surface area contributed by atoms with E-state index in [0.29, 0.717) is 12.2 Å². The average molecular weight is 291 g/mol. The summed E-state index contributed by atoms with van der Waals surface area (Å²) in [6, 6.07) is 12.6. The molecular formula is C16H18FNOS. The van der Waals surface area contributed by atoms with Crippen LogP contribution in [0.1, 0.15) is 12.5 Å². The molecule has 0 spiro atoms. The number of para-hydroxylation sites is 1. The van der Waals surface area contributed by atoms with Gasteiger partial charge in [-0.3, -0.25) is 0 Å². The minimum atomic E-state index is -0.362. The van der Waals surface area contributed by atoms with Crippen molar-refractivity contribution in [3.05, 3.63) is 53.8 Å². The Labute approximate surface area is 123 Å². The van der Waals surface area contributed by atoms with Crippen molar-refractivity contribution in [2.24, 2.45) is 5.73 Å². The molecule has 0 saturated heterocycles. The van der Waals surface area contributed by atoms with Crippen LogP contribution in [-0.2, 0) is 6.42 Å². The molecule has 0 fully saturated rings. The Balaban J connectivity index is 2.21. The standard InChI is InChI=1S/C16H18FNOS/c1-11(18)9-12-7-8-14(13(17)10-12)19-15-5-3-4-6-16(15)20-2/h3-8,10-11H,9,18H2,1-2H3. The van der Waals surface area contributed by atoms with Gasteiger partial charge < -0.3 is 10.5 Å². The Morgan fingerprint density at radius 3 is 2.60 bits per heavy atom. The van der Waals surface area contributed by atoms with Gasteiger partial charge in [0.2, 0.25) is 0 Å². The monoisotopic (exact) mass is 291 g/mol. The van der Waals surface area contributed by atoms with Crippen molar-refractivity contribution in [2.75, 3.05) is 6.26 Å². The summed E-state index contributed by atoms with van der Waals surface area (Å²) in [5.41, 5.74) is 6.60. The molecule has 0 aliphatic rings. The molecule has 2 nitrogen and oxygen atoms in total. The number of nitrogens with two attached hydrogens (primary N) is 1. The minimum absolute atomic E-state index is 0.0124. The lowest BCUT2D eigenvalue weighted by Gasteiger charge is -2.11. The van der Waals surface area contributed by atoms with Gasteiger partial charge in [0.1, 0.15) is 5.75 Å². The molecule has 2 N–H and O–H groups in total. The molecule has 0 heterocycles. The van der Waals surface area contributed by atoms with Crippen molar-refractivity contribution in [2.45, 2.75) is 24.3 Å². The first-order chi connectivity index (χ1) is 9.60. The normalized spacial score (nSPS) is 12.2. The lowest BCUT2D eigenvalue weighted by atomic mass is 10.1. The fourth-order valence-electron chi connectivity index (χ4n) is 1.95. The van der Waals surface area contributed by atoms with Crippen molar-refractivity contribution in [1.82, 2.24) is 0 Å². The first-order valence-electron chi connectivity index (χ1n) is 6.45. The average Bonchev–Trinajstić information content (AvgIpc) is 2.42. The van der Waals surface area contributed by atoms with Gasteiger partial charge in [-0.25, -0.2) is 4.39 Å². The Morgan fingerprint density at radius 2 is 1.95 bits per heavy atom. The summed E-state index contributed by atoms with van der Waals surface area (Å²) < 4.78 is 19.7. The topological polar surface area (TPSA) is 35.2 Å². The molecule has 0 radical (unpaired) electrons. The van der Waals surface area contributed by atoms with Gasteiger partial charge in [0.15, 0.2) is 11.6 Å². The molecule has 2 rings (SSSR count). The highest BCUT2D eigenvalue weighted by atomic mass is 32.2. The zero-order valence-electron chi connectivity index (χ0n) is 11.6. The maximum Gasteiger partial charge on any atom is 0.165 e. The Kier molecular flexibility index (Phi) is 5.04. The zero-order valence-corrected chi connectivity index (χ0v) is 12.4. The summed E-state index contributed by atoms with van der Waals surface area (Å²) in [6.45, 7) is 1.90. The van der Waals surface area contributed by atoms with Crippen molar-refractivity contribution < 1.29 is 9.13 Å². The SMILES string of the molecule is CSc1ccccc1Oc1ccc(CC(C)N)cc1F. The number of ether oxygens (including phenoxy) is 1. The van der Waals surface area contributed by atoms with Gasteiger partial charge in [-0.2, -0.15) is 0 Å². The van der Waals surface area contributed by atoms with Crippen molar-refractivity contribution in [3.63, 3.8) is 0 Å².